The topological polar surface area (TPSA) is 44.1 Å². The summed E-state index contributed by atoms with van der Waals surface area (Å²) in [4.78, 5) is 14.1. The Morgan fingerprint density at radius 2 is 2.11 bits per heavy atom. The van der Waals surface area contributed by atoms with Crippen molar-refractivity contribution >= 4 is 37.8 Å². The number of nitrogens with zero attached hydrogens (tertiary/aromatic N) is 2. The lowest BCUT2D eigenvalue weighted by atomic mass is 10.1. The molecule has 18 heavy (non-hydrogen) atoms. The molecule has 0 unspecified atom stereocenters. The first kappa shape index (κ1) is 15.2. The minimum atomic E-state index is -0.0616. The van der Waals surface area contributed by atoms with Crippen LogP contribution in [0.5, 0.6) is 0 Å². The maximum Gasteiger partial charge on any atom is 0.255 e. The maximum absolute atomic E-state index is 12.4. The molecule has 0 saturated carbocycles. The molecule has 1 amide bonds. The Kier molecular flexibility index (Phi) is 5.83. The summed E-state index contributed by atoms with van der Waals surface area (Å²) in [5, 5.41) is 8.64. The Hall–Kier alpha value is -0.860. The molecule has 5 heteroatoms. The van der Waals surface area contributed by atoms with Crippen molar-refractivity contribution in [2.24, 2.45) is 0 Å². The van der Waals surface area contributed by atoms with Crippen LogP contribution in [0.3, 0.4) is 0 Å². The smallest absolute Gasteiger partial charge is 0.255 e. The fourth-order valence-electron chi connectivity index (χ4n) is 1.58. The molecule has 1 aromatic rings. The van der Waals surface area contributed by atoms with Crippen LogP contribution in [0.4, 0.5) is 0 Å². The third-order valence-corrected chi connectivity index (χ3v) is 3.69. The molecule has 0 heterocycles. The minimum Gasteiger partial charge on any atom is -0.335 e. The Morgan fingerprint density at radius 3 is 2.67 bits per heavy atom. The SMILES string of the molecule is CC(C)N(CCC#N)C(=O)c1cc(Br)ccc1Br. The van der Waals surface area contributed by atoms with Gasteiger partial charge in [0.05, 0.1) is 18.1 Å². The number of rotatable bonds is 4. The summed E-state index contributed by atoms with van der Waals surface area (Å²) in [6.07, 6.45) is 0.343. The van der Waals surface area contributed by atoms with Gasteiger partial charge in [0.1, 0.15) is 0 Å². The molecule has 0 fully saturated rings. The van der Waals surface area contributed by atoms with Crippen molar-refractivity contribution in [3.63, 3.8) is 0 Å². The summed E-state index contributed by atoms with van der Waals surface area (Å²) in [6.45, 7) is 4.34. The van der Waals surface area contributed by atoms with Gasteiger partial charge in [-0.2, -0.15) is 5.26 Å². The molecule has 0 N–H and O–H groups in total. The normalized spacial score (nSPS) is 10.2. The molecule has 0 aromatic heterocycles. The quantitative estimate of drug-likeness (QED) is 0.801. The Labute approximate surface area is 124 Å². The van der Waals surface area contributed by atoms with E-state index >= 15 is 0 Å². The number of hydrogen-bond acceptors (Lipinski definition) is 2. The van der Waals surface area contributed by atoms with Gasteiger partial charge in [-0.1, -0.05) is 15.9 Å². The van der Waals surface area contributed by atoms with Gasteiger partial charge >= 0.3 is 0 Å². The molecule has 0 bridgehead atoms. The molecular formula is C13H14Br2N2O. The van der Waals surface area contributed by atoms with E-state index in [0.29, 0.717) is 18.5 Å². The average molecular weight is 374 g/mol. The van der Waals surface area contributed by atoms with Crippen LogP contribution in [-0.4, -0.2) is 23.4 Å². The molecular weight excluding hydrogens is 360 g/mol. The number of halogens is 2. The second-order valence-electron chi connectivity index (χ2n) is 4.12. The van der Waals surface area contributed by atoms with Crippen molar-refractivity contribution in [2.75, 3.05) is 6.54 Å². The van der Waals surface area contributed by atoms with Gasteiger partial charge < -0.3 is 4.90 Å². The molecule has 0 saturated heterocycles. The van der Waals surface area contributed by atoms with Gasteiger partial charge in [-0.3, -0.25) is 4.79 Å². The second kappa shape index (κ2) is 6.91. The fourth-order valence-corrected chi connectivity index (χ4v) is 2.36. The van der Waals surface area contributed by atoms with Crippen LogP contribution >= 0.6 is 31.9 Å². The van der Waals surface area contributed by atoms with Crippen LogP contribution in [0.25, 0.3) is 0 Å². The van der Waals surface area contributed by atoms with E-state index < -0.39 is 0 Å². The van der Waals surface area contributed by atoms with Crippen LogP contribution in [-0.2, 0) is 0 Å². The largest absolute Gasteiger partial charge is 0.335 e. The molecule has 96 valence electrons. The van der Waals surface area contributed by atoms with E-state index in [0.717, 1.165) is 8.95 Å². The van der Waals surface area contributed by atoms with Crippen molar-refractivity contribution in [2.45, 2.75) is 26.3 Å². The fraction of sp³-hybridized carbons (Fsp3) is 0.385. The number of carbonyl (C=O) groups is 1. The van der Waals surface area contributed by atoms with Gasteiger partial charge in [0.15, 0.2) is 0 Å². The van der Waals surface area contributed by atoms with Crippen molar-refractivity contribution in [3.05, 3.63) is 32.7 Å². The Bertz CT molecular complexity index is 480. The minimum absolute atomic E-state index is 0.0616. The number of hydrogen-bond donors (Lipinski definition) is 0. The van der Waals surface area contributed by atoms with E-state index in [1.165, 1.54) is 0 Å². The zero-order valence-electron chi connectivity index (χ0n) is 10.3. The van der Waals surface area contributed by atoms with Gasteiger partial charge in [0.25, 0.3) is 5.91 Å². The van der Waals surface area contributed by atoms with E-state index in [4.69, 9.17) is 5.26 Å². The monoisotopic (exact) mass is 372 g/mol. The molecule has 0 aliphatic heterocycles. The van der Waals surface area contributed by atoms with E-state index in [1.807, 2.05) is 26.0 Å². The second-order valence-corrected chi connectivity index (χ2v) is 5.89. The number of amides is 1. The Morgan fingerprint density at radius 1 is 1.44 bits per heavy atom. The van der Waals surface area contributed by atoms with Gasteiger partial charge in [-0.15, -0.1) is 0 Å². The lowest BCUT2D eigenvalue weighted by Crippen LogP contribution is -2.37. The van der Waals surface area contributed by atoms with Crippen molar-refractivity contribution in [1.82, 2.24) is 4.90 Å². The molecule has 1 rings (SSSR count). The summed E-state index contributed by atoms with van der Waals surface area (Å²) < 4.78 is 1.62. The Balaban J connectivity index is 3.02. The summed E-state index contributed by atoms with van der Waals surface area (Å²) in [6, 6.07) is 7.63. The molecule has 0 radical (unpaired) electrons. The van der Waals surface area contributed by atoms with E-state index in [9.17, 15) is 4.79 Å². The summed E-state index contributed by atoms with van der Waals surface area (Å²) in [5.74, 6) is -0.0616. The number of benzene rings is 1. The number of carbonyl (C=O) groups excluding carboxylic acids is 1. The van der Waals surface area contributed by atoms with Crippen molar-refractivity contribution in [3.8, 4) is 6.07 Å². The van der Waals surface area contributed by atoms with Crippen LogP contribution in [0.2, 0.25) is 0 Å². The van der Waals surface area contributed by atoms with Crippen LogP contribution in [0, 0.1) is 11.3 Å². The highest BCUT2D eigenvalue weighted by atomic mass is 79.9. The molecule has 1 aromatic carbocycles. The van der Waals surface area contributed by atoms with Gasteiger partial charge in [-0.25, -0.2) is 0 Å². The third-order valence-electron chi connectivity index (χ3n) is 2.51. The van der Waals surface area contributed by atoms with Crippen LogP contribution in [0.1, 0.15) is 30.6 Å². The predicted octanol–water partition coefficient (Wildman–Crippen LogP) is 3.98. The molecule has 0 atom stereocenters. The lowest BCUT2D eigenvalue weighted by Gasteiger charge is -2.26. The first-order chi connectivity index (χ1) is 8.47. The van der Waals surface area contributed by atoms with E-state index in [-0.39, 0.29) is 11.9 Å². The zero-order valence-corrected chi connectivity index (χ0v) is 13.5. The molecule has 3 nitrogen and oxygen atoms in total. The van der Waals surface area contributed by atoms with Gasteiger partial charge in [0.2, 0.25) is 0 Å². The summed E-state index contributed by atoms with van der Waals surface area (Å²) in [5.41, 5.74) is 0.607. The van der Waals surface area contributed by atoms with Crippen molar-refractivity contribution in [1.29, 1.82) is 5.26 Å². The van der Waals surface area contributed by atoms with Crippen LogP contribution < -0.4 is 0 Å². The highest BCUT2D eigenvalue weighted by molar-refractivity contribution is 9.11. The van der Waals surface area contributed by atoms with Crippen LogP contribution in [0.15, 0.2) is 27.1 Å². The lowest BCUT2D eigenvalue weighted by molar-refractivity contribution is 0.0709. The predicted molar refractivity (Wildman–Crippen MR) is 78.2 cm³/mol. The molecule has 0 spiro atoms. The highest BCUT2D eigenvalue weighted by Gasteiger charge is 2.20. The zero-order chi connectivity index (χ0) is 13.7. The van der Waals surface area contributed by atoms with Crippen molar-refractivity contribution < 1.29 is 4.79 Å². The van der Waals surface area contributed by atoms with E-state index in [2.05, 4.69) is 37.9 Å². The average Bonchev–Trinajstić information content (AvgIpc) is 2.32. The first-order valence-electron chi connectivity index (χ1n) is 5.60. The standard InChI is InChI=1S/C13H14Br2N2O/c1-9(2)17(7-3-6-16)13(18)11-8-10(14)4-5-12(11)15/h4-5,8-9H,3,7H2,1-2H3. The summed E-state index contributed by atoms with van der Waals surface area (Å²) in [7, 11) is 0. The van der Waals surface area contributed by atoms with Gasteiger partial charge in [0, 0.05) is 21.5 Å². The summed E-state index contributed by atoms with van der Waals surface area (Å²) >= 11 is 6.74. The molecule has 0 aliphatic rings. The number of nitriles is 1. The van der Waals surface area contributed by atoms with Gasteiger partial charge in [-0.05, 0) is 48.0 Å². The maximum atomic E-state index is 12.4. The van der Waals surface area contributed by atoms with E-state index in [1.54, 1.807) is 11.0 Å². The first-order valence-corrected chi connectivity index (χ1v) is 7.19. The highest BCUT2D eigenvalue weighted by Crippen LogP contribution is 2.23. The molecule has 0 aliphatic carbocycles. The third kappa shape index (κ3) is 3.82.